The SMILES string of the molecule is CCCCc1nc2c(N)nc3ccccc3c2n1CCN1CCN(C)CC1. The summed E-state index contributed by atoms with van der Waals surface area (Å²) < 4.78 is 2.41. The van der Waals surface area contributed by atoms with Crippen LogP contribution in [0, 0.1) is 0 Å². The first kappa shape index (κ1) is 18.2. The highest BCUT2D eigenvalue weighted by atomic mass is 15.3. The number of nitrogens with zero attached hydrogens (tertiary/aromatic N) is 5. The minimum Gasteiger partial charge on any atom is -0.382 e. The van der Waals surface area contributed by atoms with Gasteiger partial charge in [0, 0.05) is 51.1 Å². The number of nitrogens with two attached hydrogens (primary N) is 1. The molecule has 1 aliphatic rings. The van der Waals surface area contributed by atoms with Gasteiger partial charge in [0.05, 0.1) is 11.0 Å². The van der Waals surface area contributed by atoms with Crippen LogP contribution in [0.3, 0.4) is 0 Å². The van der Waals surface area contributed by atoms with Crippen molar-refractivity contribution in [2.45, 2.75) is 32.7 Å². The van der Waals surface area contributed by atoms with Gasteiger partial charge in [0.25, 0.3) is 0 Å². The van der Waals surface area contributed by atoms with E-state index in [1.165, 1.54) is 0 Å². The van der Waals surface area contributed by atoms with Crippen molar-refractivity contribution < 1.29 is 0 Å². The second-order valence-corrected chi connectivity index (χ2v) is 7.64. The number of nitrogen functional groups attached to an aromatic ring is 1. The molecule has 1 saturated heterocycles. The van der Waals surface area contributed by atoms with Crippen LogP contribution in [0.15, 0.2) is 24.3 Å². The molecule has 3 heterocycles. The first-order valence-electron chi connectivity index (χ1n) is 10.1. The number of aryl methyl sites for hydroxylation is 1. The monoisotopic (exact) mass is 366 g/mol. The lowest BCUT2D eigenvalue weighted by Gasteiger charge is -2.32. The summed E-state index contributed by atoms with van der Waals surface area (Å²) in [6, 6.07) is 8.27. The Kier molecular flexibility index (Phi) is 5.27. The summed E-state index contributed by atoms with van der Waals surface area (Å²) in [5.74, 6) is 1.69. The Hall–Kier alpha value is -2.18. The Morgan fingerprint density at radius 3 is 2.59 bits per heavy atom. The molecule has 3 aromatic rings. The van der Waals surface area contributed by atoms with Gasteiger partial charge in [-0.2, -0.15) is 0 Å². The van der Waals surface area contributed by atoms with Gasteiger partial charge in [-0.1, -0.05) is 31.5 Å². The summed E-state index contributed by atoms with van der Waals surface area (Å²) >= 11 is 0. The third-order valence-electron chi connectivity index (χ3n) is 5.68. The van der Waals surface area contributed by atoms with Gasteiger partial charge in [-0.05, 0) is 19.5 Å². The fourth-order valence-electron chi connectivity index (χ4n) is 3.98. The van der Waals surface area contributed by atoms with Crippen LogP contribution in [0.5, 0.6) is 0 Å². The Labute approximate surface area is 161 Å². The van der Waals surface area contributed by atoms with Crippen LogP contribution in [0.25, 0.3) is 21.9 Å². The Morgan fingerprint density at radius 2 is 1.81 bits per heavy atom. The number of unbranched alkanes of at least 4 members (excludes halogenated alkanes) is 1. The van der Waals surface area contributed by atoms with E-state index in [1.807, 2.05) is 12.1 Å². The highest BCUT2D eigenvalue weighted by Gasteiger charge is 2.19. The molecule has 1 fully saturated rings. The number of para-hydroxylation sites is 1. The number of hydrogen-bond donors (Lipinski definition) is 1. The zero-order valence-electron chi connectivity index (χ0n) is 16.5. The summed E-state index contributed by atoms with van der Waals surface area (Å²) in [5.41, 5.74) is 9.24. The molecule has 0 atom stereocenters. The normalized spacial score (nSPS) is 16.5. The quantitative estimate of drug-likeness (QED) is 0.727. The third kappa shape index (κ3) is 3.64. The lowest BCUT2D eigenvalue weighted by atomic mass is 10.2. The van der Waals surface area contributed by atoms with Crippen molar-refractivity contribution in [3.05, 3.63) is 30.1 Å². The van der Waals surface area contributed by atoms with Crippen molar-refractivity contribution in [1.29, 1.82) is 0 Å². The third-order valence-corrected chi connectivity index (χ3v) is 5.68. The van der Waals surface area contributed by atoms with E-state index in [9.17, 15) is 0 Å². The summed E-state index contributed by atoms with van der Waals surface area (Å²) in [6.45, 7) is 8.79. The molecule has 0 unspecified atom stereocenters. The highest BCUT2D eigenvalue weighted by Crippen LogP contribution is 2.29. The molecule has 0 radical (unpaired) electrons. The summed E-state index contributed by atoms with van der Waals surface area (Å²) in [7, 11) is 2.20. The number of likely N-dealkylation sites (N-methyl/N-ethyl adjacent to an activating group) is 1. The molecule has 27 heavy (non-hydrogen) atoms. The molecular weight excluding hydrogens is 336 g/mol. The van der Waals surface area contributed by atoms with E-state index in [0.29, 0.717) is 5.82 Å². The number of imidazole rings is 1. The topological polar surface area (TPSA) is 63.2 Å². The number of pyridine rings is 1. The summed E-state index contributed by atoms with van der Waals surface area (Å²) in [5, 5.41) is 1.15. The van der Waals surface area contributed by atoms with E-state index in [1.54, 1.807) is 0 Å². The first-order chi connectivity index (χ1) is 13.2. The van der Waals surface area contributed by atoms with Crippen LogP contribution in [0.1, 0.15) is 25.6 Å². The smallest absolute Gasteiger partial charge is 0.152 e. The minimum absolute atomic E-state index is 0.541. The van der Waals surface area contributed by atoms with Gasteiger partial charge in [0.2, 0.25) is 0 Å². The average Bonchev–Trinajstić information content (AvgIpc) is 3.05. The second kappa shape index (κ2) is 7.82. The molecule has 144 valence electrons. The Bertz CT molecular complexity index is 923. The number of anilines is 1. The van der Waals surface area contributed by atoms with Crippen molar-refractivity contribution in [2.24, 2.45) is 0 Å². The minimum atomic E-state index is 0.541. The van der Waals surface area contributed by atoms with Gasteiger partial charge in [0.1, 0.15) is 11.3 Å². The maximum absolute atomic E-state index is 6.28. The van der Waals surface area contributed by atoms with Gasteiger partial charge in [-0.25, -0.2) is 9.97 Å². The van der Waals surface area contributed by atoms with Crippen LogP contribution < -0.4 is 5.73 Å². The molecule has 0 bridgehead atoms. The van der Waals surface area contributed by atoms with Crippen molar-refractivity contribution in [2.75, 3.05) is 45.5 Å². The molecule has 1 aliphatic heterocycles. The van der Waals surface area contributed by atoms with E-state index >= 15 is 0 Å². The Morgan fingerprint density at radius 1 is 1.04 bits per heavy atom. The molecule has 1 aromatic carbocycles. The van der Waals surface area contributed by atoms with E-state index < -0.39 is 0 Å². The van der Waals surface area contributed by atoms with Gasteiger partial charge >= 0.3 is 0 Å². The van der Waals surface area contributed by atoms with Crippen molar-refractivity contribution in [3.63, 3.8) is 0 Å². The van der Waals surface area contributed by atoms with Crippen LogP contribution in [-0.2, 0) is 13.0 Å². The molecule has 0 spiro atoms. The van der Waals surface area contributed by atoms with E-state index in [-0.39, 0.29) is 0 Å². The molecule has 0 saturated carbocycles. The van der Waals surface area contributed by atoms with Crippen LogP contribution >= 0.6 is 0 Å². The lowest BCUT2D eigenvalue weighted by Crippen LogP contribution is -2.45. The first-order valence-corrected chi connectivity index (χ1v) is 10.1. The summed E-state index contributed by atoms with van der Waals surface area (Å²) in [6.07, 6.45) is 3.29. The van der Waals surface area contributed by atoms with Crippen LogP contribution in [0.2, 0.25) is 0 Å². The number of hydrogen-bond acceptors (Lipinski definition) is 5. The van der Waals surface area contributed by atoms with Gasteiger partial charge in [-0.15, -0.1) is 0 Å². The largest absolute Gasteiger partial charge is 0.382 e. The number of piperazine rings is 1. The van der Waals surface area contributed by atoms with Gasteiger partial charge in [-0.3, -0.25) is 4.90 Å². The van der Waals surface area contributed by atoms with Crippen molar-refractivity contribution in [3.8, 4) is 0 Å². The standard InChI is InChI=1S/C21H30N6/c1-3-4-9-18-24-19-20(16-7-5-6-8-17(16)23-21(19)22)27(18)15-14-26-12-10-25(2)11-13-26/h5-8H,3-4,9-15H2,1-2H3,(H2,22,23). The van der Waals surface area contributed by atoms with Crippen molar-refractivity contribution >= 4 is 27.8 Å². The Balaban J connectivity index is 1.73. The highest BCUT2D eigenvalue weighted by molar-refractivity contribution is 6.06. The fourth-order valence-corrected chi connectivity index (χ4v) is 3.98. The maximum Gasteiger partial charge on any atom is 0.152 e. The van der Waals surface area contributed by atoms with Gasteiger partial charge in [0.15, 0.2) is 5.82 Å². The number of benzene rings is 1. The predicted molar refractivity (Wildman–Crippen MR) is 112 cm³/mol. The summed E-state index contributed by atoms with van der Waals surface area (Å²) in [4.78, 5) is 14.5. The molecule has 0 aliphatic carbocycles. The van der Waals surface area contributed by atoms with Gasteiger partial charge < -0.3 is 15.2 Å². The number of fused-ring (bicyclic) bond motifs is 3. The van der Waals surface area contributed by atoms with Crippen LogP contribution in [-0.4, -0.2) is 64.1 Å². The number of rotatable bonds is 6. The molecule has 0 amide bonds. The molecule has 4 rings (SSSR count). The average molecular weight is 367 g/mol. The second-order valence-electron chi connectivity index (χ2n) is 7.64. The molecular formula is C21H30N6. The van der Waals surface area contributed by atoms with E-state index in [2.05, 4.69) is 45.5 Å². The molecule has 6 nitrogen and oxygen atoms in total. The zero-order valence-corrected chi connectivity index (χ0v) is 16.5. The molecule has 2 aromatic heterocycles. The van der Waals surface area contributed by atoms with E-state index in [0.717, 1.165) is 86.3 Å². The predicted octanol–water partition coefficient (Wildman–Crippen LogP) is 2.76. The fraction of sp³-hybridized carbons (Fsp3) is 0.524. The number of aromatic nitrogens is 3. The van der Waals surface area contributed by atoms with Crippen molar-refractivity contribution in [1.82, 2.24) is 24.3 Å². The van der Waals surface area contributed by atoms with Crippen LogP contribution in [0.4, 0.5) is 5.82 Å². The van der Waals surface area contributed by atoms with E-state index in [4.69, 9.17) is 10.7 Å². The zero-order chi connectivity index (χ0) is 18.8. The molecule has 6 heteroatoms. The lowest BCUT2D eigenvalue weighted by molar-refractivity contribution is 0.150. The maximum atomic E-state index is 6.28. The molecule has 2 N–H and O–H groups in total.